The number of aliphatic hydroxyl groups is 1. The van der Waals surface area contributed by atoms with E-state index >= 15 is 0 Å². The second-order valence-corrected chi connectivity index (χ2v) is 3.95. The minimum absolute atomic E-state index is 0.489. The van der Waals surface area contributed by atoms with Crippen molar-refractivity contribution in [2.24, 2.45) is 5.92 Å². The summed E-state index contributed by atoms with van der Waals surface area (Å²) < 4.78 is 0. The van der Waals surface area contributed by atoms with Gasteiger partial charge in [0.2, 0.25) is 0 Å². The van der Waals surface area contributed by atoms with E-state index in [2.05, 4.69) is 19.2 Å². The predicted octanol–water partition coefficient (Wildman–Crippen LogP) is 1.39. The molecule has 0 spiro atoms. The van der Waals surface area contributed by atoms with Gasteiger partial charge in [-0.05, 0) is 39.3 Å². The Morgan fingerprint density at radius 1 is 1.45 bits per heavy atom. The van der Waals surface area contributed by atoms with Crippen LogP contribution in [0, 0.1) is 5.92 Å². The van der Waals surface area contributed by atoms with Crippen LogP contribution in [0.4, 0.5) is 0 Å². The summed E-state index contributed by atoms with van der Waals surface area (Å²) in [5, 5.41) is 12.8. The van der Waals surface area contributed by atoms with E-state index in [1.54, 1.807) is 0 Å². The Kier molecular flexibility index (Phi) is 4.69. The van der Waals surface area contributed by atoms with Gasteiger partial charge in [0.1, 0.15) is 0 Å². The lowest BCUT2D eigenvalue weighted by atomic mass is 9.91. The van der Waals surface area contributed by atoms with Crippen molar-refractivity contribution < 1.29 is 5.11 Å². The van der Waals surface area contributed by atoms with E-state index < -0.39 is 5.60 Å². The quantitative estimate of drug-likeness (QED) is 0.635. The summed E-state index contributed by atoms with van der Waals surface area (Å²) in [7, 11) is 1.91. The summed E-state index contributed by atoms with van der Waals surface area (Å²) in [5.41, 5.74) is -0.489. The average molecular weight is 159 g/mol. The van der Waals surface area contributed by atoms with Gasteiger partial charge in [0, 0.05) is 0 Å². The third-order valence-corrected chi connectivity index (χ3v) is 1.76. The lowest BCUT2D eigenvalue weighted by Crippen LogP contribution is -2.30. The number of rotatable bonds is 5. The molecule has 1 unspecified atom stereocenters. The summed E-state index contributed by atoms with van der Waals surface area (Å²) in [5.74, 6) is 0.571. The van der Waals surface area contributed by atoms with Gasteiger partial charge in [-0.3, -0.25) is 0 Å². The first-order chi connectivity index (χ1) is 4.98. The first-order valence-electron chi connectivity index (χ1n) is 4.35. The van der Waals surface area contributed by atoms with Crippen LogP contribution in [0.25, 0.3) is 0 Å². The molecule has 68 valence electrons. The highest BCUT2D eigenvalue weighted by molar-refractivity contribution is 4.74. The standard InChI is InChI=1S/C9H21NO/c1-8(2)7-9(3,11)5-6-10-4/h8,10-11H,5-7H2,1-4H3. The maximum Gasteiger partial charge on any atom is 0.0634 e. The molecule has 0 fully saturated rings. The van der Waals surface area contributed by atoms with E-state index in [0.29, 0.717) is 5.92 Å². The molecule has 2 N–H and O–H groups in total. The first-order valence-corrected chi connectivity index (χ1v) is 4.35. The first kappa shape index (κ1) is 10.9. The Morgan fingerprint density at radius 3 is 2.36 bits per heavy atom. The van der Waals surface area contributed by atoms with Gasteiger partial charge in [0.25, 0.3) is 0 Å². The van der Waals surface area contributed by atoms with Crippen LogP contribution >= 0.6 is 0 Å². The highest BCUT2D eigenvalue weighted by Gasteiger charge is 2.20. The molecular weight excluding hydrogens is 138 g/mol. The van der Waals surface area contributed by atoms with Crippen molar-refractivity contribution in [1.82, 2.24) is 5.32 Å². The Labute approximate surface area is 70.0 Å². The number of hydrogen-bond acceptors (Lipinski definition) is 2. The smallest absolute Gasteiger partial charge is 0.0634 e. The maximum atomic E-state index is 9.78. The van der Waals surface area contributed by atoms with Gasteiger partial charge in [0.15, 0.2) is 0 Å². The van der Waals surface area contributed by atoms with Crippen LogP contribution in [0.1, 0.15) is 33.6 Å². The van der Waals surface area contributed by atoms with Crippen molar-refractivity contribution in [1.29, 1.82) is 0 Å². The topological polar surface area (TPSA) is 32.3 Å². The summed E-state index contributed by atoms with van der Waals surface area (Å²) in [6.07, 6.45) is 1.72. The third-order valence-electron chi connectivity index (χ3n) is 1.76. The van der Waals surface area contributed by atoms with Crippen molar-refractivity contribution in [3.8, 4) is 0 Å². The molecule has 0 radical (unpaired) electrons. The fourth-order valence-corrected chi connectivity index (χ4v) is 1.38. The average Bonchev–Trinajstić information content (AvgIpc) is 1.81. The highest BCUT2D eigenvalue weighted by Crippen LogP contribution is 2.18. The van der Waals surface area contributed by atoms with Gasteiger partial charge >= 0.3 is 0 Å². The molecular formula is C9H21NO. The summed E-state index contributed by atoms with van der Waals surface area (Å²) in [6, 6.07) is 0. The molecule has 0 heterocycles. The van der Waals surface area contributed by atoms with Crippen molar-refractivity contribution in [2.45, 2.75) is 39.2 Å². The molecule has 2 heteroatoms. The van der Waals surface area contributed by atoms with Gasteiger partial charge in [0.05, 0.1) is 5.60 Å². The zero-order valence-electron chi connectivity index (χ0n) is 8.15. The molecule has 0 aliphatic heterocycles. The van der Waals surface area contributed by atoms with Crippen molar-refractivity contribution >= 4 is 0 Å². The minimum Gasteiger partial charge on any atom is -0.390 e. The number of nitrogens with one attached hydrogen (secondary N) is 1. The zero-order chi connectivity index (χ0) is 8.91. The molecule has 0 bridgehead atoms. The van der Waals surface area contributed by atoms with Crippen LogP contribution in [-0.4, -0.2) is 24.3 Å². The van der Waals surface area contributed by atoms with Crippen LogP contribution in [0.3, 0.4) is 0 Å². The molecule has 0 aromatic rings. The molecule has 11 heavy (non-hydrogen) atoms. The normalized spacial score (nSPS) is 16.9. The van der Waals surface area contributed by atoms with Crippen molar-refractivity contribution in [3.63, 3.8) is 0 Å². The van der Waals surface area contributed by atoms with Crippen LogP contribution < -0.4 is 5.32 Å². The second kappa shape index (κ2) is 4.73. The molecule has 0 saturated heterocycles. The van der Waals surface area contributed by atoms with E-state index in [1.165, 1.54) is 0 Å². The fraction of sp³-hybridized carbons (Fsp3) is 1.00. The Hall–Kier alpha value is -0.0800. The van der Waals surface area contributed by atoms with Crippen LogP contribution in [0.15, 0.2) is 0 Å². The van der Waals surface area contributed by atoms with E-state index in [0.717, 1.165) is 19.4 Å². The minimum atomic E-state index is -0.489. The van der Waals surface area contributed by atoms with Crippen LogP contribution in [-0.2, 0) is 0 Å². The van der Waals surface area contributed by atoms with Crippen LogP contribution in [0.2, 0.25) is 0 Å². The molecule has 0 saturated carbocycles. The van der Waals surface area contributed by atoms with Crippen molar-refractivity contribution in [2.75, 3.05) is 13.6 Å². The summed E-state index contributed by atoms with van der Waals surface area (Å²) in [4.78, 5) is 0. The number of hydrogen-bond donors (Lipinski definition) is 2. The van der Waals surface area contributed by atoms with Crippen LogP contribution in [0.5, 0.6) is 0 Å². The fourth-order valence-electron chi connectivity index (χ4n) is 1.38. The maximum absolute atomic E-state index is 9.78. The molecule has 0 aliphatic rings. The Balaban J connectivity index is 3.61. The largest absolute Gasteiger partial charge is 0.390 e. The monoisotopic (exact) mass is 159 g/mol. The lowest BCUT2D eigenvalue weighted by molar-refractivity contribution is 0.0307. The Morgan fingerprint density at radius 2 is 2.00 bits per heavy atom. The van der Waals surface area contributed by atoms with E-state index in [4.69, 9.17) is 0 Å². The van der Waals surface area contributed by atoms with Gasteiger partial charge in [-0.15, -0.1) is 0 Å². The molecule has 0 rings (SSSR count). The summed E-state index contributed by atoms with van der Waals surface area (Å²) >= 11 is 0. The molecule has 0 aromatic heterocycles. The Bertz CT molecular complexity index is 99.7. The lowest BCUT2D eigenvalue weighted by Gasteiger charge is -2.24. The summed E-state index contributed by atoms with van der Waals surface area (Å²) in [6.45, 7) is 7.06. The second-order valence-electron chi connectivity index (χ2n) is 3.95. The molecule has 0 aliphatic carbocycles. The van der Waals surface area contributed by atoms with E-state index in [9.17, 15) is 5.11 Å². The molecule has 0 aromatic carbocycles. The van der Waals surface area contributed by atoms with Crippen molar-refractivity contribution in [3.05, 3.63) is 0 Å². The zero-order valence-corrected chi connectivity index (χ0v) is 8.15. The molecule has 0 amide bonds. The molecule has 2 nitrogen and oxygen atoms in total. The van der Waals surface area contributed by atoms with Gasteiger partial charge in [-0.2, -0.15) is 0 Å². The van der Waals surface area contributed by atoms with Gasteiger partial charge in [-0.1, -0.05) is 13.8 Å². The SMILES string of the molecule is CNCCC(C)(O)CC(C)C. The molecule has 1 atom stereocenters. The predicted molar refractivity (Wildman–Crippen MR) is 48.6 cm³/mol. The van der Waals surface area contributed by atoms with E-state index in [1.807, 2.05) is 14.0 Å². The third kappa shape index (κ3) is 6.32. The van der Waals surface area contributed by atoms with Gasteiger partial charge < -0.3 is 10.4 Å². The highest BCUT2D eigenvalue weighted by atomic mass is 16.3. The van der Waals surface area contributed by atoms with E-state index in [-0.39, 0.29) is 0 Å². The van der Waals surface area contributed by atoms with Gasteiger partial charge in [-0.25, -0.2) is 0 Å².